The molecule has 11 heteroatoms. The first-order chi connectivity index (χ1) is 10.2. The number of anilines is 2. The summed E-state index contributed by atoms with van der Waals surface area (Å²) in [6, 6.07) is 5.26. The van der Waals surface area contributed by atoms with Crippen LogP contribution in [0.5, 0.6) is 0 Å². The number of nitrogen functional groups attached to an aromatic ring is 1. The number of aromatic carboxylic acids is 2. The monoisotopic (exact) mass is 343 g/mol. The second kappa shape index (κ2) is 5.61. The minimum Gasteiger partial charge on any atom is -0.477 e. The lowest BCUT2D eigenvalue weighted by molar-refractivity contribution is 0.0651. The summed E-state index contributed by atoms with van der Waals surface area (Å²) >= 11 is 0.414. The lowest BCUT2D eigenvalue weighted by Gasteiger charge is -2.04. The van der Waals surface area contributed by atoms with Crippen LogP contribution >= 0.6 is 11.3 Å². The zero-order valence-electron chi connectivity index (χ0n) is 10.7. The van der Waals surface area contributed by atoms with Gasteiger partial charge in [-0.15, -0.1) is 0 Å². The number of hydrogen-bond acceptors (Lipinski definition) is 7. The van der Waals surface area contributed by atoms with Crippen LogP contribution in [0.3, 0.4) is 0 Å². The van der Waals surface area contributed by atoms with Crippen LogP contribution in [0.2, 0.25) is 0 Å². The van der Waals surface area contributed by atoms with Gasteiger partial charge in [-0.25, -0.2) is 23.0 Å². The van der Waals surface area contributed by atoms with Gasteiger partial charge in [0.05, 0.1) is 4.90 Å². The van der Waals surface area contributed by atoms with Gasteiger partial charge in [-0.2, -0.15) is 0 Å². The van der Waals surface area contributed by atoms with E-state index in [1.807, 2.05) is 4.72 Å². The number of thiazole rings is 1. The van der Waals surface area contributed by atoms with Crippen molar-refractivity contribution in [2.24, 2.45) is 0 Å². The number of carbonyl (C=O) groups is 2. The first-order valence-corrected chi connectivity index (χ1v) is 7.86. The second-order valence-electron chi connectivity index (χ2n) is 3.98. The zero-order valence-corrected chi connectivity index (χ0v) is 12.3. The van der Waals surface area contributed by atoms with Crippen LogP contribution in [0.1, 0.15) is 20.2 Å². The molecule has 1 heterocycles. The molecule has 9 nitrogen and oxygen atoms in total. The van der Waals surface area contributed by atoms with Gasteiger partial charge < -0.3 is 15.9 Å². The normalized spacial score (nSPS) is 11.1. The molecule has 0 saturated heterocycles. The van der Waals surface area contributed by atoms with Crippen LogP contribution in [0.15, 0.2) is 29.2 Å². The van der Waals surface area contributed by atoms with Crippen LogP contribution in [0, 0.1) is 0 Å². The number of rotatable bonds is 5. The molecule has 0 spiro atoms. The number of carboxylic acid groups (broad SMARTS) is 2. The van der Waals surface area contributed by atoms with Crippen molar-refractivity contribution < 1.29 is 28.2 Å². The average molecular weight is 343 g/mol. The Labute approximate surface area is 128 Å². The molecule has 2 aromatic rings. The van der Waals surface area contributed by atoms with Crippen molar-refractivity contribution in [3.63, 3.8) is 0 Å². The standard InChI is InChI=1S/C11H9N3O6S2/c12-5-1-3-6(4-2-5)22(19,20)14-11-13-7(9(15)16)8(21-11)10(17)18/h1-4H,12H2,(H,13,14)(H,15,16)(H,17,18). The van der Waals surface area contributed by atoms with Gasteiger partial charge in [0.2, 0.25) is 0 Å². The summed E-state index contributed by atoms with van der Waals surface area (Å²) in [7, 11) is -4.03. The number of nitrogens with one attached hydrogen (secondary N) is 1. The van der Waals surface area contributed by atoms with Gasteiger partial charge in [0, 0.05) is 5.69 Å². The molecule has 0 fully saturated rings. The Bertz CT molecular complexity index is 810. The van der Waals surface area contributed by atoms with E-state index in [0.717, 1.165) is 0 Å². The molecule has 0 aliphatic rings. The van der Waals surface area contributed by atoms with E-state index in [0.29, 0.717) is 17.0 Å². The zero-order chi connectivity index (χ0) is 16.5. The maximum Gasteiger partial charge on any atom is 0.356 e. The van der Waals surface area contributed by atoms with Crippen molar-refractivity contribution in [2.75, 3.05) is 10.5 Å². The molecule has 0 unspecified atom stereocenters. The van der Waals surface area contributed by atoms with Crippen molar-refractivity contribution >= 4 is 44.1 Å². The SMILES string of the molecule is Nc1ccc(S(=O)(=O)Nc2nc(C(=O)O)c(C(=O)O)s2)cc1. The fraction of sp³-hybridized carbons (Fsp3) is 0. The van der Waals surface area contributed by atoms with E-state index in [1.54, 1.807) is 0 Å². The van der Waals surface area contributed by atoms with Gasteiger partial charge in [-0.3, -0.25) is 4.72 Å². The molecule has 2 rings (SSSR count). The van der Waals surface area contributed by atoms with Gasteiger partial charge in [0.1, 0.15) is 4.88 Å². The van der Waals surface area contributed by atoms with Crippen LogP contribution in [-0.2, 0) is 10.0 Å². The quantitative estimate of drug-likeness (QED) is 0.583. The van der Waals surface area contributed by atoms with E-state index in [1.165, 1.54) is 24.3 Å². The van der Waals surface area contributed by atoms with E-state index in [9.17, 15) is 18.0 Å². The summed E-state index contributed by atoms with van der Waals surface area (Å²) in [5, 5.41) is 17.4. The Hall–Kier alpha value is -2.66. The second-order valence-corrected chi connectivity index (χ2v) is 6.66. The Balaban J connectivity index is 2.38. The summed E-state index contributed by atoms with van der Waals surface area (Å²) in [4.78, 5) is 24.6. The van der Waals surface area contributed by atoms with E-state index < -0.39 is 32.5 Å². The third-order valence-corrected chi connectivity index (χ3v) is 4.88. The highest BCUT2D eigenvalue weighted by Crippen LogP contribution is 2.25. The molecule has 0 amide bonds. The molecule has 5 N–H and O–H groups in total. The first-order valence-electron chi connectivity index (χ1n) is 5.56. The number of sulfonamides is 1. The third kappa shape index (κ3) is 3.15. The Morgan fingerprint density at radius 2 is 1.73 bits per heavy atom. The molecule has 22 heavy (non-hydrogen) atoms. The highest BCUT2D eigenvalue weighted by atomic mass is 32.2. The van der Waals surface area contributed by atoms with Crippen molar-refractivity contribution in [1.82, 2.24) is 4.98 Å². The number of benzene rings is 1. The highest BCUT2D eigenvalue weighted by molar-refractivity contribution is 7.93. The molecule has 1 aromatic carbocycles. The lowest BCUT2D eigenvalue weighted by Crippen LogP contribution is -2.13. The van der Waals surface area contributed by atoms with Gasteiger partial charge in [-0.1, -0.05) is 11.3 Å². The minimum absolute atomic E-state index is 0.120. The molecule has 0 saturated carbocycles. The molecular weight excluding hydrogens is 334 g/mol. The molecule has 1 aromatic heterocycles. The molecule has 0 aliphatic heterocycles. The fourth-order valence-corrected chi connectivity index (χ4v) is 3.51. The van der Waals surface area contributed by atoms with Gasteiger partial charge in [0.15, 0.2) is 10.8 Å². The molecule has 0 radical (unpaired) electrons. The Morgan fingerprint density at radius 3 is 2.18 bits per heavy atom. The molecule has 0 bridgehead atoms. The topological polar surface area (TPSA) is 160 Å². The van der Waals surface area contributed by atoms with E-state index in [4.69, 9.17) is 15.9 Å². The number of nitrogens with two attached hydrogens (primary N) is 1. The number of hydrogen-bond donors (Lipinski definition) is 4. The molecule has 116 valence electrons. The average Bonchev–Trinajstić information content (AvgIpc) is 2.82. The number of aromatic nitrogens is 1. The summed E-state index contributed by atoms with van der Waals surface area (Å²) in [6.07, 6.45) is 0. The smallest absolute Gasteiger partial charge is 0.356 e. The highest BCUT2D eigenvalue weighted by Gasteiger charge is 2.25. The van der Waals surface area contributed by atoms with Crippen molar-refractivity contribution in [3.05, 3.63) is 34.8 Å². The van der Waals surface area contributed by atoms with E-state index in [-0.39, 0.29) is 10.0 Å². The fourth-order valence-electron chi connectivity index (χ4n) is 1.47. The van der Waals surface area contributed by atoms with Gasteiger partial charge in [0.25, 0.3) is 10.0 Å². The predicted octanol–water partition coefficient (Wildman–Crippen LogP) is 0.923. The summed E-state index contributed by atoms with van der Waals surface area (Å²) in [6.45, 7) is 0. The van der Waals surface area contributed by atoms with Crippen LogP contribution in [-0.4, -0.2) is 35.6 Å². The summed E-state index contributed by atoms with van der Waals surface area (Å²) in [5.41, 5.74) is 5.10. The van der Waals surface area contributed by atoms with E-state index >= 15 is 0 Å². The molecule has 0 aliphatic carbocycles. The lowest BCUT2D eigenvalue weighted by atomic mass is 10.3. The predicted molar refractivity (Wildman–Crippen MR) is 77.7 cm³/mol. The Kier molecular flexibility index (Phi) is 4.01. The third-order valence-electron chi connectivity index (χ3n) is 2.44. The first kappa shape index (κ1) is 15.7. The van der Waals surface area contributed by atoms with Gasteiger partial charge in [-0.05, 0) is 24.3 Å². The molecule has 0 atom stereocenters. The van der Waals surface area contributed by atoms with Crippen LogP contribution < -0.4 is 10.5 Å². The van der Waals surface area contributed by atoms with Gasteiger partial charge >= 0.3 is 11.9 Å². The maximum absolute atomic E-state index is 12.1. The van der Waals surface area contributed by atoms with E-state index in [2.05, 4.69) is 4.98 Å². The van der Waals surface area contributed by atoms with Crippen molar-refractivity contribution in [2.45, 2.75) is 4.90 Å². The minimum atomic E-state index is -4.03. The van der Waals surface area contributed by atoms with Crippen molar-refractivity contribution in [3.8, 4) is 0 Å². The van der Waals surface area contributed by atoms with Crippen LogP contribution in [0.4, 0.5) is 10.8 Å². The summed E-state index contributed by atoms with van der Waals surface area (Å²) in [5.74, 6) is -3.07. The van der Waals surface area contributed by atoms with Crippen molar-refractivity contribution in [1.29, 1.82) is 0 Å². The summed E-state index contributed by atoms with van der Waals surface area (Å²) < 4.78 is 26.2. The number of carboxylic acids is 2. The van der Waals surface area contributed by atoms with Crippen LogP contribution in [0.25, 0.3) is 0 Å². The maximum atomic E-state index is 12.1. The largest absolute Gasteiger partial charge is 0.477 e. The number of nitrogens with zero attached hydrogens (tertiary/aromatic N) is 1. The molecular formula is C11H9N3O6S2. The Morgan fingerprint density at radius 1 is 1.14 bits per heavy atom.